The second-order valence-corrected chi connectivity index (χ2v) is 7.80. The van der Waals surface area contributed by atoms with Gasteiger partial charge in [-0.3, -0.25) is 4.79 Å². The number of anilines is 1. The molecule has 1 amide bonds. The van der Waals surface area contributed by atoms with E-state index in [1.54, 1.807) is 19.3 Å². The van der Waals surface area contributed by atoms with Crippen molar-refractivity contribution in [2.24, 2.45) is 7.05 Å². The van der Waals surface area contributed by atoms with Gasteiger partial charge >= 0.3 is 0 Å². The lowest BCUT2D eigenvalue weighted by Crippen LogP contribution is -2.40. The Bertz CT molecular complexity index is 868. The maximum Gasteiger partial charge on any atom is 0.273 e. The summed E-state index contributed by atoms with van der Waals surface area (Å²) in [5.74, 6) is -0.00309. The van der Waals surface area contributed by atoms with Crippen LogP contribution in [0.25, 0.3) is 0 Å². The average Bonchev–Trinajstić information content (AvgIpc) is 3.00. The minimum absolute atomic E-state index is 0.0962. The van der Waals surface area contributed by atoms with Crippen LogP contribution >= 0.6 is 0 Å². The Balaban J connectivity index is 1.81. The zero-order valence-corrected chi connectivity index (χ0v) is 14.9. The highest BCUT2D eigenvalue weighted by Crippen LogP contribution is 2.20. The molecule has 3 rings (SSSR count). The molecule has 0 aliphatic carbocycles. The number of hydrogen-bond acceptors (Lipinski definition) is 5. The summed E-state index contributed by atoms with van der Waals surface area (Å²) >= 11 is 0. The number of rotatable bonds is 4. The first kappa shape index (κ1) is 17.6. The van der Waals surface area contributed by atoms with E-state index in [9.17, 15) is 13.2 Å². The van der Waals surface area contributed by atoms with E-state index in [-0.39, 0.29) is 10.6 Å². The predicted octanol–water partition coefficient (Wildman–Crippen LogP) is 1.00. The molecule has 1 saturated heterocycles. The molecule has 0 radical (unpaired) electrons. The van der Waals surface area contributed by atoms with Crippen molar-refractivity contribution >= 4 is 21.7 Å². The highest BCUT2D eigenvalue weighted by Gasteiger charge is 2.28. The van der Waals surface area contributed by atoms with Crippen molar-refractivity contribution < 1.29 is 17.9 Å². The van der Waals surface area contributed by atoms with Gasteiger partial charge in [0.2, 0.25) is 10.0 Å². The summed E-state index contributed by atoms with van der Waals surface area (Å²) in [5, 5.41) is 2.67. The zero-order chi connectivity index (χ0) is 18.0. The minimum atomic E-state index is -3.64. The molecule has 1 aliphatic rings. The maximum absolute atomic E-state index is 12.7. The molecule has 1 fully saturated rings. The minimum Gasteiger partial charge on any atom is -0.379 e. The number of carbonyl (C=O) groups is 1. The van der Waals surface area contributed by atoms with Crippen LogP contribution in [0.4, 0.5) is 5.82 Å². The number of amides is 1. The molecule has 9 heteroatoms. The van der Waals surface area contributed by atoms with Crippen molar-refractivity contribution in [3.05, 3.63) is 41.9 Å². The molecular formula is C16H20N4O4S. The van der Waals surface area contributed by atoms with Gasteiger partial charge in [0.25, 0.3) is 5.91 Å². The smallest absolute Gasteiger partial charge is 0.273 e. The van der Waals surface area contributed by atoms with Crippen LogP contribution in [-0.2, 0) is 21.8 Å². The number of nitrogens with zero attached hydrogens (tertiary/aromatic N) is 3. The van der Waals surface area contributed by atoms with Gasteiger partial charge in [-0.25, -0.2) is 13.4 Å². The van der Waals surface area contributed by atoms with Gasteiger partial charge in [0.05, 0.1) is 13.2 Å². The first-order valence-electron chi connectivity index (χ1n) is 7.86. The van der Waals surface area contributed by atoms with Crippen LogP contribution in [0.3, 0.4) is 0 Å². The summed E-state index contributed by atoms with van der Waals surface area (Å²) in [7, 11) is -2.00. The highest BCUT2D eigenvalue weighted by molar-refractivity contribution is 7.89. The van der Waals surface area contributed by atoms with E-state index >= 15 is 0 Å². The highest BCUT2D eigenvalue weighted by atomic mass is 32.2. The number of pyridine rings is 1. The number of aryl methyl sites for hydroxylation is 2. The van der Waals surface area contributed by atoms with Crippen molar-refractivity contribution in [1.82, 2.24) is 13.9 Å². The Morgan fingerprint density at radius 2 is 2.00 bits per heavy atom. The largest absolute Gasteiger partial charge is 0.379 e. The number of aromatic nitrogens is 2. The molecule has 0 unspecified atom stereocenters. The van der Waals surface area contributed by atoms with Gasteiger partial charge in [0.1, 0.15) is 16.4 Å². The quantitative estimate of drug-likeness (QED) is 0.874. The van der Waals surface area contributed by atoms with E-state index in [1.165, 1.54) is 21.1 Å². The van der Waals surface area contributed by atoms with Gasteiger partial charge in [0.15, 0.2) is 0 Å². The molecule has 8 nitrogen and oxygen atoms in total. The van der Waals surface area contributed by atoms with Gasteiger partial charge in [-0.15, -0.1) is 0 Å². The van der Waals surface area contributed by atoms with Crippen molar-refractivity contribution in [2.45, 2.75) is 11.8 Å². The third kappa shape index (κ3) is 3.73. The van der Waals surface area contributed by atoms with E-state index in [1.807, 2.05) is 13.0 Å². The Morgan fingerprint density at radius 3 is 2.64 bits per heavy atom. The molecule has 134 valence electrons. The SMILES string of the molecule is Cc1ccc(NC(=O)c2cc(S(=O)(=O)N3CCOCC3)cn2C)nc1. The number of ether oxygens (including phenoxy) is 1. The third-order valence-electron chi connectivity index (χ3n) is 3.97. The molecule has 2 aromatic rings. The first-order chi connectivity index (χ1) is 11.9. The van der Waals surface area contributed by atoms with Crippen LogP contribution in [0.1, 0.15) is 16.1 Å². The van der Waals surface area contributed by atoms with Crippen LogP contribution in [0.15, 0.2) is 35.5 Å². The summed E-state index contributed by atoms with van der Waals surface area (Å²) in [4.78, 5) is 16.7. The van der Waals surface area contributed by atoms with Gasteiger partial charge < -0.3 is 14.6 Å². The fourth-order valence-corrected chi connectivity index (χ4v) is 4.04. The molecule has 3 heterocycles. The standard InChI is InChI=1S/C16H20N4O4S/c1-12-3-4-15(17-10-12)18-16(21)14-9-13(11-19(14)2)25(22,23)20-5-7-24-8-6-20/h3-4,9-11H,5-8H2,1-2H3,(H,17,18,21). The number of sulfonamides is 1. The number of nitrogens with one attached hydrogen (secondary N) is 1. The van der Waals surface area contributed by atoms with Gasteiger partial charge in [0, 0.05) is 32.5 Å². The normalized spacial score (nSPS) is 15.9. The molecule has 0 aromatic carbocycles. The molecule has 2 aromatic heterocycles. The zero-order valence-electron chi connectivity index (χ0n) is 14.1. The molecule has 0 bridgehead atoms. The van der Waals surface area contributed by atoms with Crippen LogP contribution < -0.4 is 5.32 Å². The topological polar surface area (TPSA) is 93.5 Å². The molecular weight excluding hydrogens is 344 g/mol. The molecule has 0 spiro atoms. The number of hydrogen-bond donors (Lipinski definition) is 1. The van der Waals surface area contributed by atoms with Crippen LogP contribution in [-0.4, -0.2) is 54.5 Å². The molecule has 0 atom stereocenters. The summed E-state index contributed by atoms with van der Waals surface area (Å²) in [5.41, 5.74) is 1.23. The fourth-order valence-electron chi connectivity index (χ4n) is 2.56. The Kier molecular flexibility index (Phi) is 4.89. The van der Waals surface area contributed by atoms with E-state index in [0.717, 1.165) is 5.56 Å². The van der Waals surface area contributed by atoms with Crippen LogP contribution in [0.2, 0.25) is 0 Å². The van der Waals surface area contributed by atoms with Gasteiger partial charge in [-0.1, -0.05) is 6.07 Å². The lowest BCUT2D eigenvalue weighted by atomic mass is 10.3. The third-order valence-corrected chi connectivity index (χ3v) is 5.84. The summed E-state index contributed by atoms with van der Waals surface area (Å²) in [6.07, 6.45) is 3.09. The van der Waals surface area contributed by atoms with Gasteiger partial charge in [-0.2, -0.15) is 4.31 Å². The second kappa shape index (κ2) is 6.95. The van der Waals surface area contributed by atoms with Crippen molar-refractivity contribution in [1.29, 1.82) is 0 Å². The van der Waals surface area contributed by atoms with Crippen LogP contribution in [0.5, 0.6) is 0 Å². The van der Waals surface area contributed by atoms with Crippen molar-refractivity contribution in [3.8, 4) is 0 Å². The summed E-state index contributed by atoms with van der Waals surface area (Å²) in [6, 6.07) is 4.91. The average molecular weight is 364 g/mol. The van der Waals surface area contributed by atoms with Crippen molar-refractivity contribution in [2.75, 3.05) is 31.6 Å². The van der Waals surface area contributed by atoms with Crippen LogP contribution in [0, 0.1) is 6.92 Å². The lowest BCUT2D eigenvalue weighted by molar-refractivity contribution is 0.0730. The monoisotopic (exact) mass is 364 g/mol. The fraction of sp³-hybridized carbons (Fsp3) is 0.375. The maximum atomic E-state index is 12.7. The summed E-state index contributed by atoms with van der Waals surface area (Å²) < 4.78 is 33.4. The molecule has 0 saturated carbocycles. The lowest BCUT2D eigenvalue weighted by Gasteiger charge is -2.25. The van der Waals surface area contributed by atoms with E-state index < -0.39 is 15.9 Å². The Hall–Kier alpha value is -2.23. The first-order valence-corrected chi connectivity index (χ1v) is 9.30. The van der Waals surface area contributed by atoms with E-state index in [0.29, 0.717) is 32.1 Å². The van der Waals surface area contributed by atoms with Gasteiger partial charge in [-0.05, 0) is 24.6 Å². The Labute approximate surface area is 146 Å². The van der Waals surface area contributed by atoms with Crippen molar-refractivity contribution in [3.63, 3.8) is 0 Å². The number of carbonyl (C=O) groups excluding carboxylic acids is 1. The van der Waals surface area contributed by atoms with E-state index in [4.69, 9.17) is 4.74 Å². The molecule has 1 aliphatic heterocycles. The van der Waals surface area contributed by atoms with E-state index in [2.05, 4.69) is 10.3 Å². The number of morpholine rings is 1. The predicted molar refractivity (Wildman–Crippen MR) is 91.9 cm³/mol. The molecule has 25 heavy (non-hydrogen) atoms. The second-order valence-electron chi connectivity index (χ2n) is 5.86. The Morgan fingerprint density at radius 1 is 1.28 bits per heavy atom. The molecule has 1 N–H and O–H groups in total. The summed E-state index contributed by atoms with van der Waals surface area (Å²) in [6.45, 7) is 3.27.